The van der Waals surface area contributed by atoms with Gasteiger partial charge >= 0.3 is 0 Å². The molecule has 2 aromatic rings. The lowest BCUT2D eigenvalue weighted by Gasteiger charge is -2.18. The highest BCUT2D eigenvalue weighted by Gasteiger charge is 2.11. The van der Waals surface area contributed by atoms with Gasteiger partial charge in [-0.05, 0) is 43.0 Å². The van der Waals surface area contributed by atoms with Gasteiger partial charge in [0.2, 0.25) is 0 Å². The summed E-state index contributed by atoms with van der Waals surface area (Å²) in [7, 11) is 1.98. The van der Waals surface area contributed by atoms with E-state index >= 15 is 0 Å². The van der Waals surface area contributed by atoms with Gasteiger partial charge in [0.05, 0.1) is 6.20 Å². The molecular formula is C14H17N3. The SMILES string of the molecule is Cc1c(-c2ccc3c(c2)CCCN3)cnn1C. The second-order valence-corrected chi connectivity index (χ2v) is 4.67. The lowest BCUT2D eigenvalue weighted by atomic mass is 9.98. The van der Waals surface area contributed by atoms with Crippen LogP contribution in [0.1, 0.15) is 17.7 Å². The van der Waals surface area contributed by atoms with Gasteiger partial charge < -0.3 is 5.32 Å². The first kappa shape index (κ1) is 10.4. The van der Waals surface area contributed by atoms with E-state index in [1.54, 1.807) is 0 Å². The smallest absolute Gasteiger partial charge is 0.0571 e. The molecule has 3 rings (SSSR count). The summed E-state index contributed by atoms with van der Waals surface area (Å²) in [5, 5.41) is 7.75. The van der Waals surface area contributed by atoms with Crippen LogP contribution in [0, 0.1) is 6.92 Å². The zero-order valence-electron chi connectivity index (χ0n) is 10.3. The number of nitrogens with one attached hydrogen (secondary N) is 1. The minimum absolute atomic E-state index is 1.10. The van der Waals surface area contributed by atoms with E-state index in [2.05, 4.69) is 35.5 Å². The highest BCUT2D eigenvalue weighted by molar-refractivity contribution is 5.70. The fourth-order valence-electron chi connectivity index (χ4n) is 2.42. The summed E-state index contributed by atoms with van der Waals surface area (Å²) in [6.45, 7) is 3.21. The van der Waals surface area contributed by atoms with Crippen molar-refractivity contribution in [1.82, 2.24) is 9.78 Å². The van der Waals surface area contributed by atoms with Crippen LogP contribution in [0.3, 0.4) is 0 Å². The summed E-state index contributed by atoms with van der Waals surface area (Å²) in [4.78, 5) is 0. The van der Waals surface area contributed by atoms with Gasteiger partial charge in [0.25, 0.3) is 0 Å². The van der Waals surface area contributed by atoms with E-state index in [9.17, 15) is 0 Å². The Bertz CT molecular complexity index is 555. The molecule has 0 fully saturated rings. The first-order chi connectivity index (χ1) is 8.25. The molecule has 1 aliphatic rings. The summed E-state index contributed by atoms with van der Waals surface area (Å²) < 4.78 is 1.92. The molecule has 0 saturated carbocycles. The topological polar surface area (TPSA) is 29.9 Å². The number of anilines is 1. The Kier molecular flexibility index (Phi) is 2.39. The van der Waals surface area contributed by atoms with Crippen molar-refractivity contribution in [2.24, 2.45) is 7.05 Å². The third-order valence-electron chi connectivity index (χ3n) is 3.59. The zero-order valence-corrected chi connectivity index (χ0v) is 10.3. The second-order valence-electron chi connectivity index (χ2n) is 4.67. The molecule has 17 heavy (non-hydrogen) atoms. The van der Waals surface area contributed by atoms with Gasteiger partial charge in [-0.15, -0.1) is 0 Å². The highest BCUT2D eigenvalue weighted by Crippen LogP contribution is 2.29. The molecule has 1 aromatic carbocycles. The Hall–Kier alpha value is -1.77. The lowest BCUT2D eigenvalue weighted by molar-refractivity contribution is 0.740. The van der Waals surface area contributed by atoms with Gasteiger partial charge in [-0.25, -0.2) is 0 Å². The van der Waals surface area contributed by atoms with Gasteiger partial charge in [0, 0.05) is 30.5 Å². The molecule has 0 aliphatic carbocycles. The van der Waals surface area contributed by atoms with Crippen molar-refractivity contribution in [3.8, 4) is 11.1 Å². The van der Waals surface area contributed by atoms with Crippen LogP contribution in [0.15, 0.2) is 24.4 Å². The molecule has 1 N–H and O–H groups in total. The van der Waals surface area contributed by atoms with Gasteiger partial charge in [-0.2, -0.15) is 5.10 Å². The first-order valence-electron chi connectivity index (χ1n) is 6.11. The number of hydrogen-bond donors (Lipinski definition) is 1. The number of benzene rings is 1. The van der Waals surface area contributed by atoms with E-state index in [0.717, 1.165) is 6.54 Å². The predicted molar refractivity (Wildman–Crippen MR) is 70.2 cm³/mol. The highest BCUT2D eigenvalue weighted by atomic mass is 15.3. The summed E-state index contributed by atoms with van der Waals surface area (Å²) in [6, 6.07) is 6.67. The molecule has 0 radical (unpaired) electrons. The predicted octanol–water partition coefficient (Wildman–Crippen LogP) is 2.75. The molecule has 0 saturated heterocycles. The van der Waals surface area contributed by atoms with Crippen LogP contribution < -0.4 is 5.32 Å². The van der Waals surface area contributed by atoms with Crippen molar-refractivity contribution in [1.29, 1.82) is 0 Å². The Morgan fingerprint density at radius 3 is 3.00 bits per heavy atom. The monoisotopic (exact) mass is 227 g/mol. The molecule has 0 bridgehead atoms. The molecule has 88 valence electrons. The maximum Gasteiger partial charge on any atom is 0.0571 e. The molecule has 0 atom stereocenters. The third-order valence-corrected chi connectivity index (χ3v) is 3.59. The number of hydrogen-bond acceptors (Lipinski definition) is 2. The average Bonchev–Trinajstić information content (AvgIpc) is 2.70. The van der Waals surface area contributed by atoms with Crippen molar-refractivity contribution >= 4 is 5.69 Å². The zero-order chi connectivity index (χ0) is 11.8. The van der Waals surface area contributed by atoms with E-state index in [1.165, 1.54) is 40.9 Å². The van der Waals surface area contributed by atoms with Crippen molar-refractivity contribution in [3.05, 3.63) is 35.7 Å². The Labute approximate surface area is 101 Å². The van der Waals surface area contributed by atoms with Gasteiger partial charge in [-0.3, -0.25) is 4.68 Å². The van der Waals surface area contributed by atoms with Crippen LogP contribution >= 0.6 is 0 Å². The van der Waals surface area contributed by atoms with Crippen LogP contribution in [0.4, 0.5) is 5.69 Å². The molecule has 0 spiro atoms. The van der Waals surface area contributed by atoms with Crippen molar-refractivity contribution < 1.29 is 0 Å². The summed E-state index contributed by atoms with van der Waals surface area (Å²) in [5.74, 6) is 0. The number of aryl methyl sites for hydroxylation is 2. The third kappa shape index (κ3) is 1.71. The summed E-state index contributed by atoms with van der Waals surface area (Å²) in [5.41, 5.74) is 6.45. The van der Waals surface area contributed by atoms with E-state index in [0.29, 0.717) is 0 Å². The normalized spacial score (nSPS) is 14.2. The first-order valence-corrected chi connectivity index (χ1v) is 6.11. The summed E-state index contributed by atoms with van der Waals surface area (Å²) in [6.07, 6.45) is 4.35. The minimum atomic E-state index is 1.10. The van der Waals surface area contributed by atoms with Crippen LogP contribution in [-0.2, 0) is 13.5 Å². The largest absolute Gasteiger partial charge is 0.385 e. The van der Waals surface area contributed by atoms with Gasteiger partial charge in [0.1, 0.15) is 0 Å². The second kappa shape index (κ2) is 3.91. The molecule has 0 amide bonds. The van der Waals surface area contributed by atoms with E-state index < -0.39 is 0 Å². The van der Waals surface area contributed by atoms with Crippen molar-refractivity contribution in [2.75, 3.05) is 11.9 Å². The maximum atomic E-state index is 4.31. The maximum absolute atomic E-state index is 4.31. The van der Waals surface area contributed by atoms with Crippen LogP contribution in [-0.4, -0.2) is 16.3 Å². The molecule has 1 aliphatic heterocycles. The van der Waals surface area contributed by atoms with E-state index in [-0.39, 0.29) is 0 Å². The number of aromatic nitrogens is 2. The van der Waals surface area contributed by atoms with E-state index in [4.69, 9.17) is 0 Å². The Morgan fingerprint density at radius 2 is 2.24 bits per heavy atom. The van der Waals surface area contributed by atoms with Gasteiger partial charge in [-0.1, -0.05) is 6.07 Å². The number of fused-ring (bicyclic) bond motifs is 1. The fraction of sp³-hybridized carbons (Fsp3) is 0.357. The molecule has 3 heteroatoms. The van der Waals surface area contributed by atoms with Crippen LogP contribution in [0.25, 0.3) is 11.1 Å². The molecule has 0 unspecified atom stereocenters. The summed E-state index contributed by atoms with van der Waals surface area (Å²) >= 11 is 0. The van der Waals surface area contributed by atoms with Gasteiger partial charge in [0.15, 0.2) is 0 Å². The van der Waals surface area contributed by atoms with Crippen LogP contribution in [0.2, 0.25) is 0 Å². The number of nitrogens with zero attached hydrogens (tertiary/aromatic N) is 2. The number of rotatable bonds is 1. The molecule has 3 nitrogen and oxygen atoms in total. The Balaban J connectivity index is 2.07. The molecule has 2 heterocycles. The molecular weight excluding hydrogens is 210 g/mol. The average molecular weight is 227 g/mol. The van der Waals surface area contributed by atoms with E-state index in [1.807, 2.05) is 17.9 Å². The standard InChI is InChI=1S/C14H17N3/c1-10-13(9-16-17(10)2)11-5-6-14-12(8-11)4-3-7-15-14/h5-6,8-9,15H,3-4,7H2,1-2H3. The van der Waals surface area contributed by atoms with Crippen molar-refractivity contribution in [2.45, 2.75) is 19.8 Å². The Morgan fingerprint density at radius 1 is 1.35 bits per heavy atom. The lowest BCUT2D eigenvalue weighted by Crippen LogP contribution is -2.11. The quantitative estimate of drug-likeness (QED) is 0.811. The van der Waals surface area contributed by atoms with Crippen LogP contribution in [0.5, 0.6) is 0 Å². The van der Waals surface area contributed by atoms with Crippen molar-refractivity contribution in [3.63, 3.8) is 0 Å². The molecule has 1 aromatic heterocycles. The fourth-order valence-corrected chi connectivity index (χ4v) is 2.42. The minimum Gasteiger partial charge on any atom is -0.385 e.